The molecule has 3 heteroatoms. The number of ether oxygens (including phenoxy) is 1. The van der Waals surface area contributed by atoms with E-state index in [2.05, 4.69) is 33.6 Å². The summed E-state index contributed by atoms with van der Waals surface area (Å²) in [6.45, 7) is 2.95. The molecule has 0 bridgehead atoms. The Morgan fingerprint density at radius 2 is 2.50 bits per heavy atom. The Kier molecular flexibility index (Phi) is 1.60. The molecule has 2 aliphatic rings. The Morgan fingerprint density at radius 1 is 1.60 bits per heavy atom. The summed E-state index contributed by atoms with van der Waals surface area (Å²) < 4.78 is 6.58. The van der Waals surface area contributed by atoms with Crippen LogP contribution in [-0.4, -0.2) is 24.6 Å². The first kappa shape index (κ1) is 6.52. The first-order chi connectivity index (χ1) is 4.86. The molecule has 0 aromatic rings. The van der Waals surface area contributed by atoms with Crippen LogP contribution in [0.5, 0.6) is 0 Å². The second-order valence-electron chi connectivity index (χ2n) is 2.43. The SMILES string of the molecule is IC1=CC2=COCCN2C1. The molecule has 0 N–H and O–H groups in total. The normalized spacial score (nSPS) is 23.1. The molecule has 2 nitrogen and oxygen atoms in total. The van der Waals surface area contributed by atoms with Gasteiger partial charge in [-0.2, -0.15) is 0 Å². The van der Waals surface area contributed by atoms with Crippen molar-refractivity contribution < 1.29 is 4.74 Å². The van der Waals surface area contributed by atoms with Crippen molar-refractivity contribution >= 4 is 22.6 Å². The molecule has 2 heterocycles. The standard InChI is InChI=1S/C7H8INO/c8-6-3-7-5-10-2-1-9(7)4-6/h3,5H,1-2,4H2. The first-order valence-electron chi connectivity index (χ1n) is 3.29. The lowest BCUT2D eigenvalue weighted by Gasteiger charge is -2.23. The van der Waals surface area contributed by atoms with Crippen molar-refractivity contribution in [3.8, 4) is 0 Å². The number of halogens is 1. The third-order valence-corrected chi connectivity index (χ3v) is 2.35. The van der Waals surface area contributed by atoms with E-state index < -0.39 is 0 Å². The molecule has 0 aliphatic carbocycles. The monoisotopic (exact) mass is 249 g/mol. The molecule has 0 amide bonds. The van der Waals surface area contributed by atoms with Gasteiger partial charge in [0.05, 0.1) is 12.2 Å². The maximum absolute atomic E-state index is 5.18. The van der Waals surface area contributed by atoms with Crippen molar-refractivity contribution in [2.75, 3.05) is 19.7 Å². The summed E-state index contributed by atoms with van der Waals surface area (Å²) in [7, 11) is 0. The van der Waals surface area contributed by atoms with Gasteiger partial charge >= 0.3 is 0 Å². The highest BCUT2D eigenvalue weighted by molar-refractivity contribution is 14.1. The molecule has 0 saturated carbocycles. The molecular formula is C7H8INO. The van der Waals surface area contributed by atoms with Gasteiger partial charge in [0, 0.05) is 10.1 Å². The van der Waals surface area contributed by atoms with Crippen LogP contribution in [0, 0.1) is 0 Å². The molecule has 0 aromatic carbocycles. The predicted octanol–water partition coefficient (Wildman–Crippen LogP) is 1.49. The lowest BCUT2D eigenvalue weighted by Crippen LogP contribution is -2.26. The molecule has 2 aliphatic heterocycles. The third-order valence-electron chi connectivity index (χ3n) is 1.69. The summed E-state index contributed by atoms with van der Waals surface area (Å²) in [6.07, 6.45) is 4.01. The Labute approximate surface area is 73.7 Å². The summed E-state index contributed by atoms with van der Waals surface area (Å²) in [4.78, 5) is 2.32. The molecule has 0 radical (unpaired) electrons. The van der Waals surface area contributed by atoms with Crippen LogP contribution >= 0.6 is 22.6 Å². The highest BCUT2D eigenvalue weighted by Gasteiger charge is 2.18. The second kappa shape index (κ2) is 2.45. The van der Waals surface area contributed by atoms with Gasteiger partial charge in [0.15, 0.2) is 0 Å². The van der Waals surface area contributed by atoms with Crippen molar-refractivity contribution in [3.63, 3.8) is 0 Å². The van der Waals surface area contributed by atoms with Gasteiger partial charge in [-0.25, -0.2) is 0 Å². The molecule has 54 valence electrons. The Bertz CT molecular complexity index is 210. The fraction of sp³-hybridized carbons (Fsp3) is 0.429. The van der Waals surface area contributed by atoms with Crippen molar-refractivity contribution in [3.05, 3.63) is 21.6 Å². The van der Waals surface area contributed by atoms with E-state index >= 15 is 0 Å². The topological polar surface area (TPSA) is 12.5 Å². The van der Waals surface area contributed by atoms with Crippen LogP contribution in [0.25, 0.3) is 0 Å². The van der Waals surface area contributed by atoms with Crippen LogP contribution in [0.3, 0.4) is 0 Å². The zero-order chi connectivity index (χ0) is 6.97. The summed E-state index contributed by atoms with van der Waals surface area (Å²) in [6, 6.07) is 0. The lowest BCUT2D eigenvalue weighted by molar-refractivity contribution is 0.174. The number of fused-ring (bicyclic) bond motifs is 1. The maximum Gasteiger partial charge on any atom is 0.106 e. The number of hydrogen-bond acceptors (Lipinski definition) is 2. The molecule has 0 saturated heterocycles. The van der Waals surface area contributed by atoms with Gasteiger partial charge in [-0.15, -0.1) is 0 Å². The van der Waals surface area contributed by atoms with E-state index in [0.29, 0.717) is 0 Å². The summed E-state index contributed by atoms with van der Waals surface area (Å²) in [5.74, 6) is 0. The molecule has 0 spiro atoms. The minimum Gasteiger partial charge on any atom is -0.497 e. The minimum absolute atomic E-state index is 0.835. The van der Waals surface area contributed by atoms with Crippen LogP contribution < -0.4 is 0 Å². The van der Waals surface area contributed by atoms with Crippen molar-refractivity contribution in [1.82, 2.24) is 4.90 Å². The van der Waals surface area contributed by atoms with Gasteiger partial charge < -0.3 is 9.64 Å². The van der Waals surface area contributed by atoms with E-state index in [-0.39, 0.29) is 0 Å². The molecule has 0 fully saturated rings. The van der Waals surface area contributed by atoms with Crippen LogP contribution in [0.4, 0.5) is 0 Å². The Morgan fingerprint density at radius 3 is 3.30 bits per heavy atom. The second-order valence-corrected chi connectivity index (χ2v) is 3.81. The largest absolute Gasteiger partial charge is 0.497 e. The first-order valence-corrected chi connectivity index (χ1v) is 4.37. The molecule has 2 rings (SSSR count). The highest BCUT2D eigenvalue weighted by atomic mass is 127. The highest BCUT2D eigenvalue weighted by Crippen LogP contribution is 2.25. The third kappa shape index (κ3) is 1.02. The molecular weight excluding hydrogens is 241 g/mol. The van der Waals surface area contributed by atoms with E-state index in [9.17, 15) is 0 Å². The van der Waals surface area contributed by atoms with Gasteiger partial charge in [0.1, 0.15) is 12.9 Å². The van der Waals surface area contributed by atoms with E-state index in [1.54, 1.807) is 0 Å². The van der Waals surface area contributed by atoms with E-state index in [1.807, 2.05) is 6.26 Å². The zero-order valence-electron chi connectivity index (χ0n) is 5.51. The van der Waals surface area contributed by atoms with Crippen LogP contribution in [0.2, 0.25) is 0 Å². The van der Waals surface area contributed by atoms with Crippen LogP contribution in [0.1, 0.15) is 0 Å². The van der Waals surface area contributed by atoms with Crippen molar-refractivity contribution in [2.24, 2.45) is 0 Å². The number of hydrogen-bond donors (Lipinski definition) is 0. The number of rotatable bonds is 0. The van der Waals surface area contributed by atoms with E-state index in [4.69, 9.17) is 4.74 Å². The molecule has 0 unspecified atom stereocenters. The van der Waals surface area contributed by atoms with Gasteiger partial charge in [-0.05, 0) is 28.7 Å². The van der Waals surface area contributed by atoms with Crippen LogP contribution in [-0.2, 0) is 4.74 Å². The van der Waals surface area contributed by atoms with E-state index in [1.165, 1.54) is 9.28 Å². The number of nitrogens with zero attached hydrogens (tertiary/aromatic N) is 1. The van der Waals surface area contributed by atoms with Crippen LogP contribution in [0.15, 0.2) is 21.6 Å². The fourth-order valence-corrected chi connectivity index (χ4v) is 1.93. The zero-order valence-corrected chi connectivity index (χ0v) is 7.67. The quantitative estimate of drug-likeness (QED) is 0.603. The summed E-state index contributed by atoms with van der Waals surface area (Å²) in [5, 5.41) is 0. The van der Waals surface area contributed by atoms with Crippen molar-refractivity contribution in [1.29, 1.82) is 0 Å². The molecule has 10 heavy (non-hydrogen) atoms. The van der Waals surface area contributed by atoms with Gasteiger partial charge in [-0.3, -0.25) is 0 Å². The average molecular weight is 249 g/mol. The van der Waals surface area contributed by atoms with Crippen molar-refractivity contribution in [2.45, 2.75) is 0 Å². The summed E-state index contributed by atoms with van der Waals surface area (Å²) in [5.41, 5.74) is 1.23. The Hall–Kier alpha value is -0.190. The average Bonchev–Trinajstić information content (AvgIpc) is 2.27. The molecule has 0 atom stereocenters. The van der Waals surface area contributed by atoms with Gasteiger partial charge in [0.25, 0.3) is 0 Å². The summed E-state index contributed by atoms with van der Waals surface area (Å²) >= 11 is 2.36. The minimum atomic E-state index is 0.835. The number of allylic oxidation sites excluding steroid dienone is 1. The fourth-order valence-electron chi connectivity index (χ4n) is 1.19. The van der Waals surface area contributed by atoms with Gasteiger partial charge in [0.2, 0.25) is 0 Å². The predicted molar refractivity (Wildman–Crippen MR) is 47.7 cm³/mol. The molecule has 0 aromatic heterocycles. The van der Waals surface area contributed by atoms with E-state index in [0.717, 1.165) is 19.7 Å². The maximum atomic E-state index is 5.18. The lowest BCUT2D eigenvalue weighted by atomic mass is 10.4. The smallest absolute Gasteiger partial charge is 0.106 e. The Balaban J connectivity index is 2.23. The van der Waals surface area contributed by atoms with Gasteiger partial charge in [-0.1, -0.05) is 0 Å².